The molecule has 92 valence electrons. The third kappa shape index (κ3) is 2.65. The van der Waals surface area contributed by atoms with E-state index in [2.05, 4.69) is 15.4 Å². The van der Waals surface area contributed by atoms with Crippen molar-refractivity contribution in [1.29, 1.82) is 0 Å². The van der Waals surface area contributed by atoms with Gasteiger partial charge in [-0.05, 0) is 6.92 Å². The zero-order chi connectivity index (χ0) is 12.3. The molecule has 5 nitrogen and oxygen atoms in total. The van der Waals surface area contributed by atoms with Gasteiger partial charge in [-0.3, -0.25) is 0 Å². The van der Waals surface area contributed by atoms with Crippen molar-refractivity contribution >= 4 is 11.3 Å². The van der Waals surface area contributed by atoms with Gasteiger partial charge in [-0.1, -0.05) is 0 Å². The van der Waals surface area contributed by atoms with Crippen LogP contribution in [0.15, 0.2) is 10.9 Å². The van der Waals surface area contributed by atoms with E-state index in [1.165, 1.54) is 0 Å². The molecule has 2 rings (SSSR count). The summed E-state index contributed by atoms with van der Waals surface area (Å²) in [7, 11) is 3.55. The Morgan fingerprint density at radius 3 is 2.94 bits per heavy atom. The summed E-state index contributed by atoms with van der Waals surface area (Å²) in [5.74, 6) is 0.813. The first-order chi connectivity index (χ1) is 8.22. The zero-order valence-electron chi connectivity index (χ0n) is 10.2. The van der Waals surface area contributed by atoms with Crippen molar-refractivity contribution in [2.24, 2.45) is 7.05 Å². The fraction of sp³-hybridized carbons (Fsp3) is 0.455. The first-order valence-corrected chi connectivity index (χ1v) is 6.31. The predicted molar refractivity (Wildman–Crippen MR) is 67.2 cm³/mol. The fourth-order valence-corrected chi connectivity index (χ4v) is 2.34. The van der Waals surface area contributed by atoms with E-state index < -0.39 is 0 Å². The third-order valence-electron chi connectivity index (χ3n) is 2.57. The van der Waals surface area contributed by atoms with Gasteiger partial charge >= 0.3 is 0 Å². The predicted octanol–water partition coefficient (Wildman–Crippen LogP) is 1.48. The quantitative estimate of drug-likeness (QED) is 0.876. The fourth-order valence-electron chi connectivity index (χ4n) is 1.78. The molecule has 0 unspecified atom stereocenters. The van der Waals surface area contributed by atoms with Gasteiger partial charge in [0.15, 0.2) is 0 Å². The Morgan fingerprint density at radius 2 is 2.29 bits per heavy atom. The third-order valence-corrected chi connectivity index (χ3v) is 3.21. The molecule has 0 saturated heterocycles. The highest BCUT2D eigenvalue weighted by atomic mass is 32.1. The van der Waals surface area contributed by atoms with E-state index in [1.54, 1.807) is 23.1 Å². The topological polar surface area (TPSA) is 52.0 Å². The van der Waals surface area contributed by atoms with Crippen LogP contribution < -0.4 is 10.1 Å². The van der Waals surface area contributed by atoms with Crippen molar-refractivity contribution in [2.45, 2.75) is 20.0 Å². The Bertz CT molecular complexity index is 478. The molecule has 0 radical (unpaired) electrons. The molecule has 6 heteroatoms. The number of methoxy groups -OCH3 is 1. The molecule has 0 spiro atoms. The monoisotopic (exact) mass is 252 g/mol. The van der Waals surface area contributed by atoms with Crippen LogP contribution >= 0.6 is 11.3 Å². The average molecular weight is 252 g/mol. The number of rotatable bonds is 5. The first kappa shape index (κ1) is 12.1. The molecule has 0 aromatic carbocycles. The van der Waals surface area contributed by atoms with Gasteiger partial charge in [0, 0.05) is 25.5 Å². The van der Waals surface area contributed by atoms with Crippen LogP contribution in [0.2, 0.25) is 0 Å². The Hall–Kier alpha value is -1.40. The van der Waals surface area contributed by atoms with Crippen LogP contribution in [0.5, 0.6) is 5.88 Å². The van der Waals surface area contributed by atoms with Gasteiger partial charge in [0.2, 0.25) is 5.88 Å². The molecule has 0 aliphatic rings. The summed E-state index contributed by atoms with van der Waals surface area (Å²) < 4.78 is 7.09. The minimum atomic E-state index is 0.736. The van der Waals surface area contributed by atoms with Gasteiger partial charge in [0.05, 0.1) is 29.6 Å². The number of hydrogen-bond acceptors (Lipinski definition) is 5. The van der Waals surface area contributed by atoms with Gasteiger partial charge in [-0.2, -0.15) is 5.10 Å². The summed E-state index contributed by atoms with van der Waals surface area (Å²) in [6.07, 6.45) is 0. The SMILES string of the molecule is COc1c(CNCc2cscn2)c(C)nn1C. The molecule has 0 amide bonds. The molecule has 0 aliphatic heterocycles. The lowest BCUT2D eigenvalue weighted by Gasteiger charge is -2.05. The standard InChI is InChI=1S/C11H16N4OS/c1-8-10(11(16-3)15(2)14-8)5-12-4-9-6-17-7-13-9/h6-7,12H,4-5H2,1-3H3. The number of nitrogens with one attached hydrogen (secondary N) is 1. The van der Waals surface area contributed by atoms with E-state index in [0.717, 1.165) is 35.9 Å². The molecule has 17 heavy (non-hydrogen) atoms. The maximum Gasteiger partial charge on any atom is 0.216 e. The molecule has 0 fully saturated rings. The van der Waals surface area contributed by atoms with Crippen molar-refractivity contribution in [2.75, 3.05) is 7.11 Å². The lowest BCUT2D eigenvalue weighted by atomic mass is 10.2. The molecule has 0 atom stereocenters. The average Bonchev–Trinajstić information content (AvgIpc) is 2.88. The van der Waals surface area contributed by atoms with E-state index in [4.69, 9.17) is 4.74 Å². The Labute approximate surface area is 104 Å². The van der Waals surface area contributed by atoms with Gasteiger partial charge in [0.1, 0.15) is 0 Å². The van der Waals surface area contributed by atoms with Crippen molar-refractivity contribution < 1.29 is 4.74 Å². The van der Waals surface area contributed by atoms with E-state index >= 15 is 0 Å². The number of nitrogens with zero attached hydrogens (tertiary/aromatic N) is 3. The van der Waals surface area contributed by atoms with Crippen molar-refractivity contribution in [1.82, 2.24) is 20.1 Å². The van der Waals surface area contributed by atoms with Crippen LogP contribution in [-0.2, 0) is 20.1 Å². The van der Waals surface area contributed by atoms with Crippen molar-refractivity contribution in [3.8, 4) is 5.88 Å². The molecular weight excluding hydrogens is 236 g/mol. The maximum absolute atomic E-state index is 5.33. The van der Waals surface area contributed by atoms with Crippen molar-refractivity contribution in [3.63, 3.8) is 0 Å². The minimum Gasteiger partial charge on any atom is -0.481 e. The van der Waals surface area contributed by atoms with Crippen molar-refractivity contribution in [3.05, 3.63) is 27.8 Å². The second-order valence-corrected chi connectivity index (χ2v) is 4.50. The molecular formula is C11H16N4OS. The van der Waals surface area contributed by atoms with Crippen LogP contribution in [0.4, 0.5) is 0 Å². The lowest BCUT2D eigenvalue weighted by Crippen LogP contribution is -2.14. The summed E-state index contributed by atoms with van der Waals surface area (Å²) in [6, 6.07) is 0. The van der Waals surface area contributed by atoms with Crippen LogP contribution in [0.1, 0.15) is 17.0 Å². The zero-order valence-corrected chi connectivity index (χ0v) is 11.0. The van der Waals surface area contributed by atoms with Gasteiger partial charge in [0.25, 0.3) is 0 Å². The molecule has 0 bridgehead atoms. The second kappa shape index (κ2) is 5.29. The maximum atomic E-state index is 5.33. The van der Waals surface area contributed by atoms with Crippen LogP contribution in [0.3, 0.4) is 0 Å². The summed E-state index contributed by atoms with van der Waals surface area (Å²) in [5, 5.41) is 9.72. The highest BCUT2D eigenvalue weighted by Gasteiger charge is 2.12. The highest BCUT2D eigenvalue weighted by Crippen LogP contribution is 2.20. The van der Waals surface area contributed by atoms with Gasteiger partial charge in [-0.15, -0.1) is 11.3 Å². The molecule has 0 saturated carbocycles. The summed E-state index contributed by atoms with van der Waals surface area (Å²) in [6.45, 7) is 3.49. The Kier molecular flexibility index (Phi) is 3.75. The Balaban J connectivity index is 1.99. The molecule has 2 aromatic rings. The van der Waals surface area contributed by atoms with Gasteiger partial charge in [-0.25, -0.2) is 9.67 Å². The van der Waals surface area contributed by atoms with E-state index in [-0.39, 0.29) is 0 Å². The summed E-state index contributed by atoms with van der Waals surface area (Å²) in [4.78, 5) is 4.22. The number of aromatic nitrogens is 3. The summed E-state index contributed by atoms with van der Waals surface area (Å²) in [5.41, 5.74) is 5.00. The number of aryl methyl sites for hydroxylation is 2. The smallest absolute Gasteiger partial charge is 0.216 e. The normalized spacial score (nSPS) is 10.8. The number of hydrogen-bond donors (Lipinski definition) is 1. The highest BCUT2D eigenvalue weighted by molar-refractivity contribution is 7.07. The molecule has 2 heterocycles. The summed E-state index contributed by atoms with van der Waals surface area (Å²) >= 11 is 1.61. The second-order valence-electron chi connectivity index (χ2n) is 3.78. The molecule has 0 aliphatic carbocycles. The first-order valence-electron chi connectivity index (χ1n) is 5.36. The van der Waals surface area contributed by atoms with Crippen LogP contribution in [0, 0.1) is 6.92 Å². The van der Waals surface area contributed by atoms with Crippen LogP contribution in [0.25, 0.3) is 0 Å². The van der Waals surface area contributed by atoms with Crippen LogP contribution in [-0.4, -0.2) is 21.9 Å². The molecule has 2 aromatic heterocycles. The van der Waals surface area contributed by atoms with E-state index in [1.807, 2.05) is 24.9 Å². The van der Waals surface area contributed by atoms with E-state index in [9.17, 15) is 0 Å². The van der Waals surface area contributed by atoms with Gasteiger partial charge < -0.3 is 10.1 Å². The number of thiazole rings is 1. The number of ether oxygens (including phenoxy) is 1. The lowest BCUT2D eigenvalue weighted by molar-refractivity contribution is 0.368. The largest absolute Gasteiger partial charge is 0.481 e. The van der Waals surface area contributed by atoms with E-state index in [0.29, 0.717) is 0 Å². The molecule has 1 N–H and O–H groups in total. The Morgan fingerprint density at radius 1 is 1.47 bits per heavy atom. The minimum absolute atomic E-state index is 0.736.